The first-order valence-corrected chi connectivity index (χ1v) is 6.52. The summed E-state index contributed by atoms with van der Waals surface area (Å²) in [6.07, 6.45) is 2.92. The fourth-order valence-electron chi connectivity index (χ4n) is 2.70. The van der Waals surface area contributed by atoms with Crippen molar-refractivity contribution in [2.75, 3.05) is 13.2 Å². The van der Waals surface area contributed by atoms with Crippen LogP contribution in [-0.2, 0) is 5.41 Å². The third-order valence-corrected chi connectivity index (χ3v) is 4.06. The lowest BCUT2D eigenvalue weighted by Crippen LogP contribution is -2.31. The maximum absolute atomic E-state index is 10.2. The Balaban J connectivity index is 2.04. The van der Waals surface area contributed by atoms with Gasteiger partial charge in [0.25, 0.3) is 0 Å². The smallest absolute Gasteiger partial charge is 0.164 e. The van der Waals surface area contributed by atoms with Gasteiger partial charge in [-0.3, -0.25) is 0 Å². The van der Waals surface area contributed by atoms with Crippen molar-refractivity contribution in [2.45, 2.75) is 37.6 Å². The molecule has 0 saturated heterocycles. The van der Waals surface area contributed by atoms with Gasteiger partial charge in [-0.05, 0) is 25.8 Å². The molecule has 1 aromatic rings. The molecule has 1 fully saturated rings. The van der Waals surface area contributed by atoms with Gasteiger partial charge in [0, 0.05) is 29.5 Å². The Bertz CT molecular complexity index is 466. The minimum atomic E-state index is -0.0746. The Hall–Kier alpha value is -1.42. The van der Waals surface area contributed by atoms with Crippen molar-refractivity contribution in [3.8, 4) is 17.2 Å². The Morgan fingerprint density at radius 3 is 2.39 bits per heavy atom. The van der Waals surface area contributed by atoms with Crippen LogP contribution in [0.1, 0.15) is 31.7 Å². The van der Waals surface area contributed by atoms with Crippen molar-refractivity contribution in [1.29, 1.82) is 0 Å². The van der Waals surface area contributed by atoms with Crippen molar-refractivity contribution in [1.82, 2.24) is 0 Å². The molecule has 0 radical (unpaired) electrons. The molecule has 1 unspecified atom stereocenters. The van der Waals surface area contributed by atoms with Crippen LogP contribution >= 0.6 is 0 Å². The molecule has 1 aliphatic carbocycles. The van der Waals surface area contributed by atoms with Gasteiger partial charge in [-0.15, -0.1) is 0 Å². The predicted molar refractivity (Wildman–Crippen MR) is 68.3 cm³/mol. The van der Waals surface area contributed by atoms with E-state index in [1.807, 2.05) is 13.0 Å². The lowest BCUT2D eigenvalue weighted by molar-refractivity contribution is 0.296. The van der Waals surface area contributed by atoms with Crippen LogP contribution < -0.4 is 15.2 Å². The first-order valence-electron chi connectivity index (χ1n) is 6.52. The zero-order chi connectivity index (χ0) is 12.8. The van der Waals surface area contributed by atoms with Gasteiger partial charge in [0.15, 0.2) is 11.5 Å². The highest BCUT2D eigenvalue weighted by atomic mass is 16.5. The minimum absolute atomic E-state index is 0.0353. The Labute approximate surface area is 107 Å². The fourth-order valence-corrected chi connectivity index (χ4v) is 2.70. The largest absolute Gasteiger partial charge is 0.508 e. The average Bonchev–Trinajstić information content (AvgIpc) is 3.12. The van der Waals surface area contributed by atoms with E-state index in [1.165, 1.54) is 0 Å². The number of hydrogen-bond donors (Lipinski definition) is 2. The van der Waals surface area contributed by atoms with E-state index in [1.54, 1.807) is 6.07 Å². The molecule has 3 rings (SSSR count). The summed E-state index contributed by atoms with van der Waals surface area (Å²) in [5, 5.41) is 10.2. The molecule has 3 N–H and O–H groups in total. The molecule has 0 spiro atoms. The standard InChI is InChI=1S/C14H19NO3/c1-9(15)14(3-4-14)10-7-12-13(8-11(10)16)18-6-2-5-17-12/h7-9,16H,2-6,15H2,1H3. The number of ether oxygens (including phenoxy) is 2. The summed E-state index contributed by atoms with van der Waals surface area (Å²) in [6, 6.07) is 3.61. The van der Waals surface area contributed by atoms with Gasteiger partial charge in [0.05, 0.1) is 13.2 Å². The van der Waals surface area contributed by atoms with E-state index in [4.69, 9.17) is 15.2 Å². The Kier molecular flexibility index (Phi) is 2.63. The van der Waals surface area contributed by atoms with Crippen LogP contribution in [-0.4, -0.2) is 24.4 Å². The van der Waals surface area contributed by atoms with E-state index in [0.29, 0.717) is 19.0 Å². The van der Waals surface area contributed by atoms with Gasteiger partial charge in [-0.25, -0.2) is 0 Å². The van der Waals surface area contributed by atoms with Gasteiger partial charge in [-0.1, -0.05) is 0 Å². The Morgan fingerprint density at radius 1 is 1.22 bits per heavy atom. The summed E-state index contributed by atoms with van der Waals surface area (Å²) >= 11 is 0. The van der Waals surface area contributed by atoms with Crippen molar-refractivity contribution < 1.29 is 14.6 Å². The molecule has 1 saturated carbocycles. The number of aromatic hydroxyl groups is 1. The van der Waals surface area contributed by atoms with Crippen LogP contribution in [0.15, 0.2) is 12.1 Å². The number of rotatable bonds is 2. The topological polar surface area (TPSA) is 64.7 Å². The summed E-state index contributed by atoms with van der Waals surface area (Å²) in [4.78, 5) is 0. The van der Waals surface area contributed by atoms with Crippen molar-refractivity contribution >= 4 is 0 Å². The van der Waals surface area contributed by atoms with Crippen LogP contribution in [0.25, 0.3) is 0 Å². The zero-order valence-corrected chi connectivity index (χ0v) is 10.6. The molecule has 4 nitrogen and oxygen atoms in total. The molecular weight excluding hydrogens is 230 g/mol. The number of benzene rings is 1. The van der Waals surface area contributed by atoms with Crippen molar-refractivity contribution in [3.63, 3.8) is 0 Å². The van der Waals surface area contributed by atoms with Gasteiger partial charge in [0.2, 0.25) is 0 Å². The second-order valence-electron chi connectivity index (χ2n) is 5.31. The van der Waals surface area contributed by atoms with E-state index in [0.717, 1.165) is 30.6 Å². The number of phenols is 1. The highest BCUT2D eigenvalue weighted by molar-refractivity contribution is 5.55. The van der Waals surface area contributed by atoms with Crippen molar-refractivity contribution in [3.05, 3.63) is 17.7 Å². The fraction of sp³-hybridized carbons (Fsp3) is 0.571. The van der Waals surface area contributed by atoms with Crippen LogP contribution in [0.5, 0.6) is 17.2 Å². The maximum atomic E-state index is 10.2. The maximum Gasteiger partial charge on any atom is 0.164 e. The summed E-state index contributed by atoms with van der Waals surface area (Å²) < 4.78 is 11.2. The number of nitrogens with two attached hydrogens (primary N) is 1. The molecule has 0 bridgehead atoms. The first-order chi connectivity index (χ1) is 8.63. The second-order valence-corrected chi connectivity index (χ2v) is 5.31. The molecule has 2 aliphatic rings. The number of fused-ring (bicyclic) bond motifs is 1. The molecule has 1 aromatic carbocycles. The lowest BCUT2D eigenvalue weighted by atomic mass is 9.88. The van der Waals surface area contributed by atoms with Gasteiger partial charge >= 0.3 is 0 Å². The third-order valence-electron chi connectivity index (χ3n) is 4.06. The zero-order valence-electron chi connectivity index (χ0n) is 10.6. The Morgan fingerprint density at radius 2 is 1.83 bits per heavy atom. The van der Waals surface area contributed by atoms with Crippen LogP contribution in [0, 0.1) is 0 Å². The van der Waals surface area contributed by atoms with Crippen molar-refractivity contribution in [2.24, 2.45) is 5.73 Å². The number of phenolic OH excluding ortho intramolecular Hbond substituents is 1. The molecule has 1 heterocycles. The van der Waals surface area contributed by atoms with Gasteiger partial charge in [-0.2, -0.15) is 0 Å². The van der Waals surface area contributed by atoms with E-state index >= 15 is 0 Å². The summed E-state index contributed by atoms with van der Waals surface area (Å²) in [5.74, 6) is 1.63. The average molecular weight is 249 g/mol. The van der Waals surface area contributed by atoms with Crippen LogP contribution in [0.3, 0.4) is 0 Å². The molecular formula is C14H19NO3. The summed E-state index contributed by atoms with van der Waals surface area (Å²) in [6.45, 7) is 3.28. The van der Waals surface area contributed by atoms with E-state index in [-0.39, 0.29) is 17.2 Å². The van der Waals surface area contributed by atoms with Gasteiger partial charge in [0.1, 0.15) is 5.75 Å². The monoisotopic (exact) mass is 249 g/mol. The molecule has 1 aliphatic heterocycles. The van der Waals surface area contributed by atoms with Crippen LogP contribution in [0.2, 0.25) is 0 Å². The SMILES string of the molecule is CC(N)C1(c2cc3c(cc2O)OCCCO3)CC1. The quantitative estimate of drug-likeness (QED) is 0.840. The second kappa shape index (κ2) is 4.05. The van der Waals surface area contributed by atoms with E-state index < -0.39 is 0 Å². The van der Waals surface area contributed by atoms with Gasteiger partial charge < -0.3 is 20.3 Å². The lowest BCUT2D eigenvalue weighted by Gasteiger charge is -2.22. The number of hydrogen-bond acceptors (Lipinski definition) is 4. The van der Waals surface area contributed by atoms with Crippen LogP contribution in [0.4, 0.5) is 0 Å². The third kappa shape index (κ3) is 1.72. The first kappa shape index (κ1) is 11.7. The minimum Gasteiger partial charge on any atom is -0.508 e. The van der Waals surface area contributed by atoms with E-state index in [9.17, 15) is 5.11 Å². The van der Waals surface area contributed by atoms with E-state index in [2.05, 4.69) is 0 Å². The highest BCUT2D eigenvalue weighted by Gasteiger charge is 2.49. The molecule has 1 atom stereocenters. The molecule has 0 amide bonds. The molecule has 0 aromatic heterocycles. The normalized spacial score (nSPS) is 22.1. The highest BCUT2D eigenvalue weighted by Crippen LogP contribution is 2.55. The molecule has 18 heavy (non-hydrogen) atoms. The molecule has 4 heteroatoms. The predicted octanol–water partition coefficient (Wildman–Crippen LogP) is 1.93. The summed E-state index contributed by atoms with van der Waals surface area (Å²) in [7, 11) is 0. The summed E-state index contributed by atoms with van der Waals surface area (Å²) in [5.41, 5.74) is 6.89. The molecule has 98 valence electrons.